The van der Waals surface area contributed by atoms with Gasteiger partial charge < -0.3 is 9.47 Å². The molecule has 1 rings (SSSR count). The Labute approximate surface area is 111 Å². The van der Waals surface area contributed by atoms with Gasteiger partial charge in [-0.3, -0.25) is 9.59 Å². The monoisotopic (exact) mass is 287 g/mol. The number of nitrogens with zero attached hydrogens (tertiary/aromatic N) is 3. The van der Waals surface area contributed by atoms with Crippen LogP contribution < -0.4 is 17.1 Å². The fourth-order valence-corrected chi connectivity index (χ4v) is 1.41. The molecule has 0 spiro atoms. The van der Waals surface area contributed by atoms with Gasteiger partial charge in [0.25, 0.3) is 0 Å². The van der Waals surface area contributed by atoms with Crippen molar-refractivity contribution in [3.8, 4) is 0 Å². The average molecular weight is 287 g/mol. The highest BCUT2D eigenvalue weighted by Crippen LogP contribution is 1.81. The second-order valence-corrected chi connectivity index (χ2v) is 3.73. The minimum Gasteiger partial charge on any atom is -0.468 e. The number of carbonyl (C=O) groups is 2. The van der Waals surface area contributed by atoms with Gasteiger partial charge in [0.15, 0.2) is 0 Å². The second kappa shape index (κ2) is 5.99. The highest BCUT2D eigenvalue weighted by Gasteiger charge is 2.17. The predicted octanol–water partition coefficient (Wildman–Crippen LogP) is -2.95. The van der Waals surface area contributed by atoms with Crippen molar-refractivity contribution in [1.29, 1.82) is 0 Å². The van der Waals surface area contributed by atoms with Crippen molar-refractivity contribution in [3.05, 3.63) is 31.5 Å². The zero-order chi connectivity index (χ0) is 15.4. The molecule has 0 N–H and O–H groups in total. The van der Waals surface area contributed by atoms with Crippen LogP contribution in [0.3, 0.4) is 0 Å². The Morgan fingerprint density at radius 2 is 1.20 bits per heavy atom. The lowest BCUT2D eigenvalue weighted by atomic mass is 10.6. The van der Waals surface area contributed by atoms with E-state index in [1.54, 1.807) is 0 Å². The highest BCUT2D eigenvalue weighted by molar-refractivity contribution is 5.69. The summed E-state index contributed by atoms with van der Waals surface area (Å²) >= 11 is 0. The van der Waals surface area contributed by atoms with E-state index in [2.05, 4.69) is 9.47 Å². The molecule has 20 heavy (non-hydrogen) atoms. The van der Waals surface area contributed by atoms with Gasteiger partial charge in [0.05, 0.1) is 14.2 Å². The molecule has 110 valence electrons. The zero-order valence-corrected chi connectivity index (χ0v) is 11.1. The van der Waals surface area contributed by atoms with Crippen molar-refractivity contribution in [1.82, 2.24) is 13.7 Å². The molecule has 0 saturated carbocycles. The number of ether oxygens (including phenoxy) is 2. The number of esters is 2. The molecule has 10 heteroatoms. The quantitative estimate of drug-likeness (QED) is 0.543. The summed E-state index contributed by atoms with van der Waals surface area (Å²) in [4.78, 5) is 57.8. The SMILES string of the molecule is COC(=O)Cn1c(=O)n(C)c(=O)n(CC(=O)OC)c1=O. The van der Waals surface area contributed by atoms with Crippen LogP contribution in [-0.4, -0.2) is 39.9 Å². The zero-order valence-electron chi connectivity index (χ0n) is 11.1. The molecule has 0 bridgehead atoms. The lowest BCUT2D eigenvalue weighted by Gasteiger charge is -2.09. The summed E-state index contributed by atoms with van der Waals surface area (Å²) in [5, 5.41) is 0. The first kappa shape index (κ1) is 15.4. The summed E-state index contributed by atoms with van der Waals surface area (Å²) in [6.45, 7) is -1.33. The molecule has 0 radical (unpaired) electrons. The van der Waals surface area contributed by atoms with E-state index in [9.17, 15) is 24.0 Å². The van der Waals surface area contributed by atoms with Gasteiger partial charge in [-0.1, -0.05) is 0 Å². The summed E-state index contributed by atoms with van der Waals surface area (Å²) in [5.41, 5.74) is -3.05. The maximum absolute atomic E-state index is 12.0. The first-order valence-corrected chi connectivity index (χ1v) is 5.37. The largest absolute Gasteiger partial charge is 0.468 e. The van der Waals surface area contributed by atoms with Crippen LogP contribution in [0.25, 0.3) is 0 Å². The maximum atomic E-state index is 12.0. The van der Waals surface area contributed by atoms with E-state index in [0.29, 0.717) is 13.7 Å². The minimum atomic E-state index is -1.09. The van der Waals surface area contributed by atoms with E-state index in [1.165, 1.54) is 0 Å². The Hall–Kier alpha value is -2.65. The third-order valence-electron chi connectivity index (χ3n) is 2.53. The van der Waals surface area contributed by atoms with Gasteiger partial charge >= 0.3 is 29.0 Å². The number of hydrogen-bond donors (Lipinski definition) is 0. The molecule has 1 aromatic heterocycles. The molecule has 0 atom stereocenters. The summed E-state index contributed by atoms with van der Waals surface area (Å²) < 4.78 is 10.3. The first-order chi connectivity index (χ1) is 9.33. The Morgan fingerprint density at radius 3 is 1.50 bits per heavy atom. The van der Waals surface area contributed by atoms with Crippen molar-refractivity contribution in [2.45, 2.75) is 13.1 Å². The van der Waals surface area contributed by atoms with Crippen molar-refractivity contribution < 1.29 is 19.1 Å². The van der Waals surface area contributed by atoms with Gasteiger partial charge in [-0.05, 0) is 0 Å². The molecular weight excluding hydrogens is 274 g/mol. The molecule has 0 aromatic carbocycles. The highest BCUT2D eigenvalue weighted by atomic mass is 16.5. The maximum Gasteiger partial charge on any atom is 0.337 e. The van der Waals surface area contributed by atoms with E-state index in [1.807, 2.05) is 0 Å². The topological polar surface area (TPSA) is 119 Å². The Kier molecular flexibility index (Phi) is 4.62. The van der Waals surface area contributed by atoms with Crippen molar-refractivity contribution >= 4 is 11.9 Å². The lowest BCUT2D eigenvalue weighted by molar-refractivity contribution is -0.141. The third-order valence-corrected chi connectivity index (χ3v) is 2.53. The summed E-state index contributed by atoms with van der Waals surface area (Å²) in [6.07, 6.45) is 0. The van der Waals surface area contributed by atoms with Crippen molar-refractivity contribution in [2.24, 2.45) is 7.05 Å². The predicted molar refractivity (Wildman–Crippen MR) is 64.2 cm³/mol. The van der Waals surface area contributed by atoms with Gasteiger partial charge in [-0.15, -0.1) is 0 Å². The van der Waals surface area contributed by atoms with Gasteiger partial charge in [-0.25, -0.2) is 28.1 Å². The van der Waals surface area contributed by atoms with Crippen LogP contribution >= 0.6 is 0 Å². The Bertz CT molecular complexity index is 653. The van der Waals surface area contributed by atoms with Crippen LogP contribution in [-0.2, 0) is 39.2 Å². The van der Waals surface area contributed by atoms with E-state index in [4.69, 9.17) is 0 Å². The molecular formula is C10H13N3O7. The second-order valence-electron chi connectivity index (χ2n) is 3.73. The van der Waals surface area contributed by atoms with Crippen LogP contribution in [0.2, 0.25) is 0 Å². The molecule has 1 heterocycles. The van der Waals surface area contributed by atoms with Crippen LogP contribution in [0.5, 0.6) is 0 Å². The summed E-state index contributed by atoms with van der Waals surface area (Å²) in [5.74, 6) is -1.68. The normalized spacial score (nSPS) is 10.2. The molecule has 0 amide bonds. The summed E-state index contributed by atoms with van der Waals surface area (Å²) in [6, 6.07) is 0. The minimum absolute atomic E-state index is 0.496. The van der Waals surface area contributed by atoms with Crippen molar-refractivity contribution in [3.63, 3.8) is 0 Å². The molecule has 0 aliphatic rings. The fraction of sp³-hybridized carbons (Fsp3) is 0.500. The molecule has 0 unspecified atom stereocenters. The molecule has 0 aliphatic heterocycles. The molecule has 0 aliphatic carbocycles. The molecule has 0 fully saturated rings. The third kappa shape index (κ3) is 2.84. The first-order valence-electron chi connectivity index (χ1n) is 5.37. The van der Waals surface area contributed by atoms with Crippen LogP contribution in [0.1, 0.15) is 0 Å². The van der Waals surface area contributed by atoms with E-state index in [0.717, 1.165) is 21.3 Å². The van der Waals surface area contributed by atoms with Gasteiger partial charge in [0.2, 0.25) is 0 Å². The van der Waals surface area contributed by atoms with E-state index >= 15 is 0 Å². The average Bonchev–Trinajstić information content (AvgIpc) is 2.45. The fourth-order valence-electron chi connectivity index (χ4n) is 1.41. The number of carbonyl (C=O) groups excluding carboxylic acids is 2. The van der Waals surface area contributed by atoms with Gasteiger partial charge in [0.1, 0.15) is 13.1 Å². The van der Waals surface area contributed by atoms with Gasteiger partial charge in [-0.2, -0.15) is 0 Å². The number of hydrogen-bond acceptors (Lipinski definition) is 7. The van der Waals surface area contributed by atoms with E-state index in [-0.39, 0.29) is 0 Å². The van der Waals surface area contributed by atoms with Crippen LogP contribution in [0.15, 0.2) is 14.4 Å². The van der Waals surface area contributed by atoms with Gasteiger partial charge in [0, 0.05) is 7.05 Å². The lowest BCUT2D eigenvalue weighted by Crippen LogP contribution is -2.55. The van der Waals surface area contributed by atoms with E-state index < -0.39 is 42.1 Å². The molecule has 0 saturated heterocycles. The summed E-state index contributed by atoms with van der Waals surface area (Å²) in [7, 11) is 3.29. The molecule has 1 aromatic rings. The van der Waals surface area contributed by atoms with Crippen LogP contribution in [0.4, 0.5) is 0 Å². The number of aromatic nitrogens is 3. The standard InChI is InChI=1S/C10H13N3O7/c1-11-8(16)12(4-6(14)19-2)10(18)13(9(11)17)5-7(15)20-3/h4-5H2,1-3H3. The number of methoxy groups -OCH3 is 2. The molecule has 10 nitrogen and oxygen atoms in total. The number of rotatable bonds is 4. The Morgan fingerprint density at radius 1 is 0.850 bits per heavy atom. The Balaban J connectivity index is 3.51. The van der Waals surface area contributed by atoms with Crippen molar-refractivity contribution in [2.75, 3.05) is 14.2 Å². The van der Waals surface area contributed by atoms with Crippen LogP contribution in [0, 0.1) is 0 Å². The smallest absolute Gasteiger partial charge is 0.337 e.